The van der Waals surface area contributed by atoms with Gasteiger partial charge in [-0.15, -0.1) is 0 Å². The molecule has 0 amide bonds. The molecule has 0 bridgehead atoms. The maximum Gasteiger partial charge on any atom is 0.309 e. The number of hydrogen-bond donors (Lipinski definition) is 0. The molecule has 2 unspecified atom stereocenters. The first-order chi connectivity index (χ1) is 8.80. The van der Waals surface area contributed by atoms with E-state index in [0.717, 1.165) is 0 Å². The summed E-state index contributed by atoms with van der Waals surface area (Å²) in [6.07, 6.45) is 0. The first-order valence-electron chi connectivity index (χ1n) is 5.87. The van der Waals surface area contributed by atoms with E-state index in [1.54, 1.807) is 12.1 Å². The Morgan fingerprint density at radius 3 is 2.32 bits per heavy atom. The average Bonchev–Trinajstić information content (AvgIpc) is 2.93. The zero-order valence-electron chi connectivity index (χ0n) is 10.9. The Morgan fingerprint density at radius 2 is 1.79 bits per heavy atom. The van der Waals surface area contributed by atoms with E-state index >= 15 is 0 Å². The van der Waals surface area contributed by atoms with Gasteiger partial charge in [0.25, 0.3) is 0 Å². The number of carbonyl (C=O) groups is 2. The molecule has 1 saturated carbocycles. The summed E-state index contributed by atoms with van der Waals surface area (Å²) in [5, 5.41) is 0.735. The van der Waals surface area contributed by atoms with Gasteiger partial charge in [0.05, 0.1) is 23.1 Å². The highest BCUT2D eigenvalue weighted by atomic mass is 35.5. The lowest BCUT2D eigenvalue weighted by atomic mass is 10.0. The van der Waals surface area contributed by atoms with Gasteiger partial charge in [-0.2, -0.15) is 0 Å². The third-order valence-electron chi connectivity index (χ3n) is 3.77. The van der Waals surface area contributed by atoms with Gasteiger partial charge in [0.1, 0.15) is 0 Å². The van der Waals surface area contributed by atoms with Crippen LogP contribution in [0.15, 0.2) is 18.2 Å². The third kappa shape index (κ3) is 2.37. The quantitative estimate of drug-likeness (QED) is 0.632. The SMILES string of the molecule is COC(=O)C1C(C(=O)c2ccc(Cl)c(Cl)c2)C1(C)C. The van der Waals surface area contributed by atoms with Crippen LogP contribution in [0.1, 0.15) is 24.2 Å². The number of halogens is 2. The number of ether oxygens (including phenoxy) is 1. The predicted molar refractivity (Wildman–Crippen MR) is 73.6 cm³/mol. The van der Waals surface area contributed by atoms with Gasteiger partial charge >= 0.3 is 5.97 Å². The summed E-state index contributed by atoms with van der Waals surface area (Å²) in [5.74, 6) is -1.20. The van der Waals surface area contributed by atoms with E-state index in [2.05, 4.69) is 0 Å². The third-order valence-corrected chi connectivity index (χ3v) is 4.51. The number of rotatable bonds is 3. The average molecular weight is 301 g/mol. The number of hydrogen-bond acceptors (Lipinski definition) is 3. The maximum atomic E-state index is 12.4. The van der Waals surface area contributed by atoms with Crippen LogP contribution in [0.5, 0.6) is 0 Å². The fourth-order valence-electron chi connectivity index (χ4n) is 2.52. The minimum Gasteiger partial charge on any atom is -0.469 e. The molecule has 0 spiro atoms. The smallest absolute Gasteiger partial charge is 0.309 e. The summed E-state index contributed by atoms with van der Waals surface area (Å²) in [6, 6.07) is 4.74. The van der Waals surface area contributed by atoms with E-state index in [1.165, 1.54) is 13.2 Å². The normalized spacial score (nSPS) is 23.8. The topological polar surface area (TPSA) is 43.4 Å². The first kappa shape index (κ1) is 14.4. The molecule has 1 aliphatic rings. The van der Waals surface area contributed by atoms with Crippen LogP contribution in [-0.2, 0) is 9.53 Å². The molecule has 0 saturated heterocycles. The van der Waals surface area contributed by atoms with E-state index in [1.807, 2.05) is 13.8 Å². The lowest BCUT2D eigenvalue weighted by molar-refractivity contribution is -0.143. The fourth-order valence-corrected chi connectivity index (χ4v) is 2.82. The maximum absolute atomic E-state index is 12.4. The van der Waals surface area contributed by atoms with Crippen molar-refractivity contribution in [3.63, 3.8) is 0 Å². The zero-order valence-corrected chi connectivity index (χ0v) is 12.4. The highest BCUT2D eigenvalue weighted by molar-refractivity contribution is 6.42. The van der Waals surface area contributed by atoms with Gasteiger partial charge in [-0.05, 0) is 23.6 Å². The zero-order chi connectivity index (χ0) is 14.4. The molecular weight excluding hydrogens is 287 g/mol. The molecule has 2 atom stereocenters. The Morgan fingerprint density at radius 1 is 1.16 bits per heavy atom. The number of esters is 1. The van der Waals surface area contributed by atoms with Crippen LogP contribution >= 0.6 is 23.2 Å². The summed E-state index contributed by atoms with van der Waals surface area (Å²) in [4.78, 5) is 24.0. The van der Waals surface area contributed by atoms with Gasteiger partial charge in [-0.1, -0.05) is 37.0 Å². The molecule has 102 valence electrons. The summed E-state index contributed by atoms with van der Waals surface area (Å²) >= 11 is 11.7. The van der Waals surface area contributed by atoms with Crippen molar-refractivity contribution in [3.05, 3.63) is 33.8 Å². The number of ketones is 1. The molecule has 0 N–H and O–H groups in total. The molecular formula is C14H14Cl2O3. The van der Waals surface area contributed by atoms with Crippen LogP contribution in [0.2, 0.25) is 10.0 Å². The Labute approximate surface area is 121 Å². The molecule has 0 aromatic heterocycles. The molecule has 5 heteroatoms. The van der Waals surface area contributed by atoms with Crippen molar-refractivity contribution in [1.82, 2.24) is 0 Å². The highest BCUT2D eigenvalue weighted by Crippen LogP contribution is 2.60. The predicted octanol–water partition coefficient (Wildman–Crippen LogP) is 3.62. The Balaban J connectivity index is 2.26. The second-order valence-electron chi connectivity index (χ2n) is 5.29. The summed E-state index contributed by atoms with van der Waals surface area (Å²) in [6.45, 7) is 3.77. The Bertz CT molecular complexity index is 552. The van der Waals surface area contributed by atoms with Crippen molar-refractivity contribution < 1.29 is 14.3 Å². The van der Waals surface area contributed by atoms with Gasteiger partial charge < -0.3 is 4.74 Å². The minimum atomic E-state index is -0.389. The van der Waals surface area contributed by atoms with E-state index in [4.69, 9.17) is 27.9 Å². The van der Waals surface area contributed by atoms with Crippen LogP contribution in [-0.4, -0.2) is 18.9 Å². The molecule has 1 aromatic carbocycles. The van der Waals surface area contributed by atoms with E-state index in [9.17, 15) is 9.59 Å². The van der Waals surface area contributed by atoms with Crippen molar-refractivity contribution in [2.75, 3.05) is 7.11 Å². The standard InChI is InChI=1S/C14H14Cl2O3/c1-14(2)10(11(14)13(18)19-3)12(17)7-4-5-8(15)9(16)6-7/h4-6,10-11H,1-3H3. The second-order valence-corrected chi connectivity index (χ2v) is 6.11. The minimum absolute atomic E-state index is 0.0982. The molecule has 3 nitrogen and oxygen atoms in total. The Kier molecular flexibility index (Phi) is 3.63. The molecule has 1 aromatic rings. The van der Waals surface area contributed by atoms with Gasteiger partial charge in [-0.25, -0.2) is 0 Å². The van der Waals surface area contributed by atoms with E-state index in [-0.39, 0.29) is 29.0 Å². The Hall–Kier alpha value is -1.06. The largest absolute Gasteiger partial charge is 0.469 e. The van der Waals surface area contributed by atoms with Gasteiger partial charge in [0.2, 0.25) is 0 Å². The molecule has 0 radical (unpaired) electrons. The van der Waals surface area contributed by atoms with Gasteiger partial charge in [-0.3, -0.25) is 9.59 Å². The van der Waals surface area contributed by atoms with Crippen LogP contribution in [0.3, 0.4) is 0 Å². The molecule has 0 aliphatic heterocycles. The van der Waals surface area contributed by atoms with Crippen molar-refractivity contribution in [3.8, 4) is 0 Å². The summed E-state index contributed by atoms with van der Waals surface area (Å²) in [7, 11) is 1.33. The summed E-state index contributed by atoms with van der Waals surface area (Å²) < 4.78 is 4.73. The van der Waals surface area contributed by atoms with Crippen LogP contribution in [0.25, 0.3) is 0 Å². The highest BCUT2D eigenvalue weighted by Gasteiger charge is 2.66. The van der Waals surface area contributed by atoms with Crippen LogP contribution < -0.4 is 0 Å². The molecule has 19 heavy (non-hydrogen) atoms. The van der Waals surface area contributed by atoms with Crippen LogP contribution in [0.4, 0.5) is 0 Å². The number of Topliss-reactive ketones (excluding diaryl/α,β-unsaturated/α-hetero) is 1. The summed E-state index contributed by atoms with van der Waals surface area (Å²) in [5.41, 5.74) is 0.0925. The van der Waals surface area contributed by atoms with Gasteiger partial charge in [0, 0.05) is 11.5 Å². The second kappa shape index (κ2) is 4.80. The number of methoxy groups -OCH3 is 1. The fraction of sp³-hybridized carbons (Fsp3) is 0.429. The van der Waals surface area contributed by atoms with E-state index < -0.39 is 0 Å². The lowest BCUT2D eigenvalue weighted by Gasteiger charge is -2.03. The monoisotopic (exact) mass is 300 g/mol. The van der Waals surface area contributed by atoms with Crippen LogP contribution in [0, 0.1) is 17.3 Å². The van der Waals surface area contributed by atoms with Crippen molar-refractivity contribution >= 4 is 35.0 Å². The van der Waals surface area contributed by atoms with Crippen molar-refractivity contribution in [2.24, 2.45) is 17.3 Å². The van der Waals surface area contributed by atoms with Crippen molar-refractivity contribution in [2.45, 2.75) is 13.8 Å². The number of benzene rings is 1. The molecule has 1 aliphatic carbocycles. The molecule has 1 fully saturated rings. The van der Waals surface area contributed by atoms with E-state index in [0.29, 0.717) is 15.6 Å². The van der Waals surface area contributed by atoms with Crippen molar-refractivity contribution in [1.29, 1.82) is 0 Å². The van der Waals surface area contributed by atoms with Gasteiger partial charge in [0.15, 0.2) is 5.78 Å². The lowest BCUT2D eigenvalue weighted by Crippen LogP contribution is -2.10. The molecule has 2 rings (SSSR count). The molecule has 0 heterocycles. The number of carbonyl (C=O) groups excluding carboxylic acids is 2. The first-order valence-corrected chi connectivity index (χ1v) is 6.63.